The third kappa shape index (κ3) is 5.12. The largest absolute Gasteiger partial charge is 0.484 e. The maximum absolute atomic E-state index is 11.8. The summed E-state index contributed by atoms with van der Waals surface area (Å²) in [5, 5.41) is 5.84. The topological polar surface area (TPSA) is 64.1 Å². The summed E-state index contributed by atoms with van der Waals surface area (Å²) < 4.78 is 5.46. The Kier molecular flexibility index (Phi) is 5.74. The second-order valence-electron chi connectivity index (χ2n) is 5.58. The van der Waals surface area contributed by atoms with Crippen LogP contribution in [0.5, 0.6) is 5.75 Å². The number of nitrogens with zero attached hydrogens (tertiary/aromatic N) is 2. The molecule has 6 heteroatoms. The van der Waals surface area contributed by atoms with E-state index in [1.165, 1.54) is 0 Å². The number of pyridine rings is 1. The SMILES string of the molecule is Cc1ccc(OCC(=O)NCCc2csc(-c3ccncc3)n2)cc1. The lowest BCUT2D eigenvalue weighted by molar-refractivity contribution is -0.123. The van der Waals surface area contributed by atoms with E-state index in [0.29, 0.717) is 18.7 Å². The van der Waals surface area contributed by atoms with Crippen LogP contribution in [-0.2, 0) is 11.2 Å². The molecule has 0 aliphatic rings. The highest BCUT2D eigenvalue weighted by Crippen LogP contribution is 2.22. The van der Waals surface area contributed by atoms with E-state index in [-0.39, 0.29) is 12.5 Å². The molecule has 1 aromatic carbocycles. The fourth-order valence-electron chi connectivity index (χ4n) is 2.21. The molecule has 0 bridgehead atoms. The molecule has 0 saturated carbocycles. The lowest BCUT2D eigenvalue weighted by Crippen LogP contribution is -2.30. The first kappa shape index (κ1) is 17.1. The maximum Gasteiger partial charge on any atom is 0.257 e. The zero-order valence-electron chi connectivity index (χ0n) is 13.9. The molecule has 0 atom stereocenters. The molecule has 25 heavy (non-hydrogen) atoms. The van der Waals surface area contributed by atoms with Crippen molar-refractivity contribution in [2.75, 3.05) is 13.2 Å². The van der Waals surface area contributed by atoms with Gasteiger partial charge in [-0.15, -0.1) is 11.3 Å². The normalized spacial score (nSPS) is 10.4. The van der Waals surface area contributed by atoms with Crippen LogP contribution in [0.15, 0.2) is 54.2 Å². The molecule has 5 nitrogen and oxygen atoms in total. The Balaban J connectivity index is 1.41. The number of benzene rings is 1. The Morgan fingerprint density at radius 2 is 1.92 bits per heavy atom. The molecule has 128 valence electrons. The van der Waals surface area contributed by atoms with Crippen molar-refractivity contribution in [2.45, 2.75) is 13.3 Å². The van der Waals surface area contributed by atoms with Crippen LogP contribution in [0.25, 0.3) is 10.6 Å². The number of amides is 1. The average Bonchev–Trinajstić information content (AvgIpc) is 3.11. The van der Waals surface area contributed by atoms with Crippen LogP contribution in [0.1, 0.15) is 11.3 Å². The van der Waals surface area contributed by atoms with Crippen LogP contribution >= 0.6 is 11.3 Å². The number of nitrogens with one attached hydrogen (secondary N) is 1. The van der Waals surface area contributed by atoms with E-state index in [9.17, 15) is 4.79 Å². The van der Waals surface area contributed by atoms with Gasteiger partial charge in [0.15, 0.2) is 6.61 Å². The summed E-state index contributed by atoms with van der Waals surface area (Å²) in [5.74, 6) is 0.562. The average molecular weight is 353 g/mol. The summed E-state index contributed by atoms with van der Waals surface area (Å²) >= 11 is 1.59. The molecule has 0 radical (unpaired) electrons. The standard InChI is InChI=1S/C19H19N3O2S/c1-14-2-4-17(5-3-14)24-12-18(23)21-11-8-16-13-25-19(22-16)15-6-9-20-10-7-15/h2-7,9-10,13H,8,11-12H2,1H3,(H,21,23). The first-order valence-corrected chi connectivity index (χ1v) is 8.89. The third-order valence-electron chi connectivity index (χ3n) is 3.57. The van der Waals surface area contributed by atoms with Crippen molar-refractivity contribution in [2.24, 2.45) is 0 Å². The number of carbonyl (C=O) groups is 1. The van der Waals surface area contributed by atoms with Gasteiger partial charge >= 0.3 is 0 Å². The smallest absolute Gasteiger partial charge is 0.257 e. The number of rotatable bonds is 7. The lowest BCUT2D eigenvalue weighted by atomic mass is 10.2. The van der Waals surface area contributed by atoms with E-state index in [1.807, 2.05) is 48.7 Å². The van der Waals surface area contributed by atoms with Crippen molar-refractivity contribution >= 4 is 17.2 Å². The first-order chi connectivity index (χ1) is 12.2. The predicted molar refractivity (Wildman–Crippen MR) is 98.7 cm³/mol. The fraction of sp³-hybridized carbons (Fsp3) is 0.211. The van der Waals surface area contributed by atoms with Gasteiger partial charge in [-0.1, -0.05) is 17.7 Å². The van der Waals surface area contributed by atoms with Crippen molar-refractivity contribution in [1.82, 2.24) is 15.3 Å². The summed E-state index contributed by atoms with van der Waals surface area (Å²) in [5.41, 5.74) is 3.18. The van der Waals surface area contributed by atoms with E-state index in [2.05, 4.69) is 15.3 Å². The molecule has 0 aliphatic carbocycles. The molecule has 2 aromatic heterocycles. The molecule has 1 amide bonds. The summed E-state index contributed by atoms with van der Waals surface area (Å²) in [6.45, 7) is 2.56. The zero-order chi connectivity index (χ0) is 17.5. The van der Waals surface area contributed by atoms with Gasteiger partial charge in [0.2, 0.25) is 0 Å². The molecular formula is C19H19N3O2S. The van der Waals surface area contributed by atoms with Crippen LogP contribution in [0.4, 0.5) is 0 Å². The van der Waals surface area contributed by atoms with Gasteiger partial charge in [-0.05, 0) is 31.2 Å². The van der Waals surface area contributed by atoms with Crippen LogP contribution in [0.3, 0.4) is 0 Å². The molecule has 0 unspecified atom stereocenters. The molecule has 0 fully saturated rings. The van der Waals surface area contributed by atoms with Crippen molar-refractivity contribution in [3.8, 4) is 16.3 Å². The number of hydrogen-bond acceptors (Lipinski definition) is 5. The van der Waals surface area contributed by atoms with E-state index >= 15 is 0 Å². The molecule has 3 rings (SSSR count). The van der Waals surface area contributed by atoms with Crippen LogP contribution in [-0.4, -0.2) is 29.0 Å². The van der Waals surface area contributed by atoms with Gasteiger partial charge in [0.25, 0.3) is 5.91 Å². The number of carbonyl (C=O) groups excluding carboxylic acids is 1. The van der Waals surface area contributed by atoms with Gasteiger partial charge in [-0.2, -0.15) is 0 Å². The highest BCUT2D eigenvalue weighted by atomic mass is 32.1. The second-order valence-corrected chi connectivity index (χ2v) is 6.44. The molecule has 2 heterocycles. The van der Waals surface area contributed by atoms with E-state index in [4.69, 9.17) is 4.74 Å². The summed E-state index contributed by atoms with van der Waals surface area (Å²) in [6.07, 6.45) is 4.20. The quantitative estimate of drug-likeness (QED) is 0.708. The minimum absolute atomic E-state index is 0.0163. The molecule has 0 aliphatic heterocycles. The van der Waals surface area contributed by atoms with Crippen molar-refractivity contribution < 1.29 is 9.53 Å². The fourth-order valence-corrected chi connectivity index (χ4v) is 3.07. The predicted octanol–water partition coefficient (Wildman–Crippen LogP) is 3.25. The molecule has 0 spiro atoms. The number of ether oxygens (including phenoxy) is 1. The second kappa shape index (κ2) is 8.39. The van der Waals surface area contributed by atoms with Crippen LogP contribution < -0.4 is 10.1 Å². The van der Waals surface area contributed by atoms with Crippen molar-refractivity contribution in [3.05, 3.63) is 65.4 Å². The zero-order valence-corrected chi connectivity index (χ0v) is 14.8. The van der Waals surface area contributed by atoms with Crippen LogP contribution in [0.2, 0.25) is 0 Å². The van der Waals surface area contributed by atoms with Gasteiger partial charge in [0.05, 0.1) is 5.69 Å². The number of aromatic nitrogens is 2. The lowest BCUT2D eigenvalue weighted by Gasteiger charge is -2.07. The summed E-state index contributed by atoms with van der Waals surface area (Å²) in [6, 6.07) is 11.5. The minimum atomic E-state index is -0.134. The van der Waals surface area contributed by atoms with E-state index in [1.54, 1.807) is 23.7 Å². The van der Waals surface area contributed by atoms with Gasteiger partial charge < -0.3 is 10.1 Å². The van der Waals surface area contributed by atoms with Crippen LogP contribution in [0, 0.1) is 6.92 Å². The number of hydrogen-bond donors (Lipinski definition) is 1. The Hall–Kier alpha value is -2.73. The third-order valence-corrected chi connectivity index (χ3v) is 4.51. The minimum Gasteiger partial charge on any atom is -0.484 e. The van der Waals surface area contributed by atoms with Gasteiger partial charge in [0, 0.05) is 36.3 Å². The summed E-state index contributed by atoms with van der Waals surface area (Å²) in [7, 11) is 0. The highest BCUT2D eigenvalue weighted by molar-refractivity contribution is 7.13. The Labute approximate surface area is 150 Å². The number of thiazole rings is 1. The maximum atomic E-state index is 11.8. The molecule has 0 saturated heterocycles. The van der Waals surface area contributed by atoms with E-state index < -0.39 is 0 Å². The Morgan fingerprint density at radius 3 is 2.68 bits per heavy atom. The molecule has 1 N–H and O–H groups in total. The van der Waals surface area contributed by atoms with Gasteiger partial charge in [-0.25, -0.2) is 4.98 Å². The monoisotopic (exact) mass is 353 g/mol. The Morgan fingerprint density at radius 1 is 1.16 bits per heavy atom. The van der Waals surface area contributed by atoms with Gasteiger partial charge in [0.1, 0.15) is 10.8 Å². The first-order valence-electron chi connectivity index (χ1n) is 8.02. The van der Waals surface area contributed by atoms with Crippen molar-refractivity contribution in [1.29, 1.82) is 0 Å². The molecule has 3 aromatic rings. The molecular weight excluding hydrogens is 334 g/mol. The summed E-state index contributed by atoms with van der Waals surface area (Å²) in [4.78, 5) is 20.4. The Bertz CT molecular complexity index is 816. The highest BCUT2D eigenvalue weighted by Gasteiger charge is 2.06. The van der Waals surface area contributed by atoms with E-state index in [0.717, 1.165) is 21.8 Å². The van der Waals surface area contributed by atoms with Crippen molar-refractivity contribution in [3.63, 3.8) is 0 Å². The number of aryl methyl sites for hydroxylation is 1. The van der Waals surface area contributed by atoms with Gasteiger partial charge in [-0.3, -0.25) is 9.78 Å².